The number of unbranched alkanes of at least 4 members (excludes halogenated alkanes) is 14. The lowest BCUT2D eigenvalue weighted by atomic mass is 10.0. The van der Waals surface area contributed by atoms with E-state index in [0.717, 1.165) is 12.8 Å². The van der Waals surface area contributed by atoms with Gasteiger partial charge in [0.05, 0.1) is 0 Å². The van der Waals surface area contributed by atoms with Gasteiger partial charge in [-0.05, 0) is 6.42 Å². The van der Waals surface area contributed by atoms with Crippen LogP contribution in [0.2, 0.25) is 0 Å². The molecule has 0 bridgehead atoms. The van der Waals surface area contributed by atoms with Crippen LogP contribution in [0.25, 0.3) is 0 Å². The largest absolute Gasteiger partial charge is 0.481 e. The number of halogens is 1. The molecule has 0 aliphatic rings. The van der Waals surface area contributed by atoms with E-state index in [9.17, 15) is 4.79 Å². The van der Waals surface area contributed by atoms with Gasteiger partial charge in [-0.1, -0.05) is 96.8 Å². The Morgan fingerprint density at radius 1 is 0.609 bits per heavy atom. The first-order valence-electron chi connectivity index (χ1n) is 8.99. The Morgan fingerprint density at radius 3 is 1.13 bits per heavy atom. The van der Waals surface area contributed by atoms with Crippen molar-refractivity contribution in [2.75, 3.05) is 0 Å². The molecule has 23 heavy (non-hydrogen) atoms. The van der Waals surface area contributed by atoms with E-state index in [1.807, 2.05) is 0 Å². The zero-order valence-electron chi connectivity index (χ0n) is 15.5. The maximum Gasteiger partial charge on any atom is 0.303 e. The number of aliphatic carboxylic acids is 1. The van der Waals surface area contributed by atoms with Gasteiger partial charge < -0.3 is 17.4 Å². The third-order valence-corrected chi connectivity index (χ3v) is 3.99. The Labute approximate surface area is 161 Å². The Kier molecular flexibility index (Phi) is 36.3. The molecule has 0 atom stereocenters. The molecule has 0 rings (SSSR count). The summed E-state index contributed by atoms with van der Waals surface area (Å²) in [5.74, 6) is -0.653. The summed E-state index contributed by atoms with van der Waals surface area (Å²) in [6, 6.07) is 0. The summed E-state index contributed by atoms with van der Waals surface area (Å²) in [5, 5.41) is 8.52. The average molecular weight is 446 g/mol. The van der Waals surface area contributed by atoms with E-state index in [0.29, 0.717) is 6.42 Å². The Balaban J connectivity index is -0.000000602. The van der Waals surface area contributed by atoms with Crippen LogP contribution in [0.1, 0.15) is 110 Å². The molecular formula is C18H43IN2O2. The van der Waals surface area contributed by atoms with Crippen LogP contribution in [0.3, 0.4) is 0 Å². The number of hydrogen-bond donors (Lipinski definition) is 3. The lowest BCUT2D eigenvalue weighted by Crippen LogP contribution is -1.93. The molecule has 0 saturated heterocycles. The van der Waals surface area contributed by atoms with Crippen LogP contribution in [0.5, 0.6) is 0 Å². The van der Waals surface area contributed by atoms with Gasteiger partial charge in [-0.15, -0.1) is 24.0 Å². The van der Waals surface area contributed by atoms with E-state index in [1.54, 1.807) is 0 Å². The van der Waals surface area contributed by atoms with E-state index in [1.165, 1.54) is 83.5 Å². The standard InChI is InChI=1S/C18H36O2.HI.2H3N/c1-2-3-4-5-6-7-8-9-10-11-12-13-14-15-16-17-18(19)20;;;/h2-17H2,1H3,(H,19,20);1H;2*1H3. The summed E-state index contributed by atoms with van der Waals surface area (Å²) in [7, 11) is 0. The smallest absolute Gasteiger partial charge is 0.303 e. The quantitative estimate of drug-likeness (QED) is 0.171. The number of rotatable bonds is 16. The van der Waals surface area contributed by atoms with Crippen LogP contribution >= 0.6 is 24.0 Å². The monoisotopic (exact) mass is 446 g/mol. The molecule has 0 aromatic heterocycles. The summed E-state index contributed by atoms with van der Waals surface area (Å²) in [4.78, 5) is 10.3. The summed E-state index contributed by atoms with van der Waals surface area (Å²) < 4.78 is 0. The molecule has 0 aliphatic carbocycles. The molecule has 0 aliphatic heterocycles. The second-order valence-corrected chi connectivity index (χ2v) is 6.09. The lowest BCUT2D eigenvalue weighted by Gasteiger charge is -2.03. The van der Waals surface area contributed by atoms with Gasteiger partial charge in [-0.3, -0.25) is 4.79 Å². The van der Waals surface area contributed by atoms with Crippen molar-refractivity contribution in [2.45, 2.75) is 110 Å². The van der Waals surface area contributed by atoms with Gasteiger partial charge in [-0.25, -0.2) is 0 Å². The minimum atomic E-state index is -0.653. The molecule has 7 N–H and O–H groups in total. The first kappa shape index (κ1) is 30.9. The van der Waals surface area contributed by atoms with Crippen molar-refractivity contribution in [3.05, 3.63) is 0 Å². The lowest BCUT2D eigenvalue weighted by molar-refractivity contribution is -0.137. The summed E-state index contributed by atoms with van der Waals surface area (Å²) in [5.41, 5.74) is 0. The fraction of sp³-hybridized carbons (Fsp3) is 0.944. The molecule has 144 valence electrons. The Bertz CT molecular complexity index is 217. The van der Waals surface area contributed by atoms with Crippen molar-refractivity contribution < 1.29 is 9.90 Å². The van der Waals surface area contributed by atoms with Crippen LogP contribution in [0, 0.1) is 0 Å². The third-order valence-electron chi connectivity index (χ3n) is 3.99. The van der Waals surface area contributed by atoms with E-state index < -0.39 is 5.97 Å². The minimum Gasteiger partial charge on any atom is -0.481 e. The molecule has 0 saturated carbocycles. The van der Waals surface area contributed by atoms with Crippen LogP contribution in [-0.4, -0.2) is 11.1 Å². The van der Waals surface area contributed by atoms with Crippen LogP contribution in [0.15, 0.2) is 0 Å². The maximum absolute atomic E-state index is 10.3. The fourth-order valence-electron chi connectivity index (χ4n) is 2.65. The highest BCUT2D eigenvalue weighted by atomic mass is 127. The zero-order valence-corrected chi connectivity index (χ0v) is 17.8. The zero-order chi connectivity index (χ0) is 14.9. The third kappa shape index (κ3) is 30.6. The highest BCUT2D eigenvalue weighted by Crippen LogP contribution is 2.13. The first-order chi connectivity index (χ1) is 9.77. The Morgan fingerprint density at radius 2 is 0.870 bits per heavy atom. The predicted octanol–water partition coefficient (Wildman–Crippen LogP) is 7.27. The van der Waals surface area contributed by atoms with Crippen LogP contribution in [-0.2, 0) is 4.79 Å². The second kappa shape index (κ2) is 27.0. The minimum absolute atomic E-state index is 0. The van der Waals surface area contributed by atoms with Crippen LogP contribution in [0.4, 0.5) is 0 Å². The molecule has 0 aromatic carbocycles. The Hall–Kier alpha value is 0.120. The van der Waals surface area contributed by atoms with E-state index >= 15 is 0 Å². The molecule has 0 aromatic rings. The number of carbonyl (C=O) groups is 1. The van der Waals surface area contributed by atoms with Gasteiger partial charge in [0.1, 0.15) is 0 Å². The fourth-order valence-corrected chi connectivity index (χ4v) is 2.65. The molecule has 0 fully saturated rings. The molecule has 0 amide bonds. The summed E-state index contributed by atoms with van der Waals surface area (Å²) in [6.07, 6.45) is 20.2. The number of carboxylic acids is 1. The second-order valence-electron chi connectivity index (χ2n) is 6.09. The van der Waals surface area contributed by atoms with Crippen molar-refractivity contribution >= 4 is 29.9 Å². The topological polar surface area (TPSA) is 107 Å². The molecule has 0 spiro atoms. The average Bonchev–Trinajstić information content (AvgIpc) is 2.43. The highest BCUT2D eigenvalue weighted by Gasteiger charge is 1.97. The van der Waals surface area contributed by atoms with Gasteiger partial charge in [-0.2, -0.15) is 0 Å². The normalized spacial score (nSPS) is 9.43. The predicted molar refractivity (Wildman–Crippen MR) is 113 cm³/mol. The SMILES string of the molecule is CCCCCCCCCCCCCCCCCC(=O)O.I.N.N. The van der Waals surface area contributed by atoms with Crippen molar-refractivity contribution in [3.8, 4) is 0 Å². The van der Waals surface area contributed by atoms with Crippen molar-refractivity contribution in [2.24, 2.45) is 0 Å². The van der Waals surface area contributed by atoms with E-state index in [-0.39, 0.29) is 36.3 Å². The summed E-state index contributed by atoms with van der Waals surface area (Å²) >= 11 is 0. The van der Waals surface area contributed by atoms with Gasteiger partial charge in [0.2, 0.25) is 0 Å². The molecular weight excluding hydrogens is 403 g/mol. The van der Waals surface area contributed by atoms with Crippen molar-refractivity contribution in [1.29, 1.82) is 0 Å². The summed E-state index contributed by atoms with van der Waals surface area (Å²) in [6.45, 7) is 2.27. The first-order valence-corrected chi connectivity index (χ1v) is 8.99. The number of carboxylic acid groups (broad SMARTS) is 1. The van der Waals surface area contributed by atoms with Gasteiger partial charge in [0, 0.05) is 6.42 Å². The van der Waals surface area contributed by atoms with Crippen LogP contribution < -0.4 is 12.3 Å². The van der Waals surface area contributed by atoms with E-state index in [2.05, 4.69) is 6.92 Å². The maximum atomic E-state index is 10.3. The number of hydrogen-bond acceptors (Lipinski definition) is 3. The molecule has 0 heterocycles. The molecule has 4 nitrogen and oxygen atoms in total. The highest BCUT2D eigenvalue weighted by molar-refractivity contribution is 14.0. The molecule has 0 unspecified atom stereocenters. The van der Waals surface area contributed by atoms with Crippen molar-refractivity contribution in [1.82, 2.24) is 12.3 Å². The molecule has 0 radical (unpaired) electrons. The van der Waals surface area contributed by atoms with E-state index in [4.69, 9.17) is 5.11 Å². The van der Waals surface area contributed by atoms with Gasteiger partial charge in [0.15, 0.2) is 0 Å². The van der Waals surface area contributed by atoms with Gasteiger partial charge >= 0.3 is 5.97 Å². The van der Waals surface area contributed by atoms with Gasteiger partial charge in [0.25, 0.3) is 0 Å². The van der Waals surface area contributed by atoms with Crippen molar-refractivity contribution in [3.63, 3.8) is 0 Å². The molecule has 5 heteroatoms.